The fraction of sp³-hybridized carbons (Fsp3) is 0.857. The summed E-state index contributed by atoms with van der Waals surface area (Å²) in [6, 6.07) is 1.43. The molecular weight excluding hydrogens is 544 g/mol. The van der Waals surface area contributed by atoms with Gasteiger partial charge in [-0.2, -0.15) is 4.98 Å². The van der Waals surface area contributed by atoms with Crippen LogP contribution in [0.4, 0.5) is 5.82 Å². The van der Waals surface area contributed by atoms with Crippen LogP contribution in [0.15, 0.2) is 17.1 Å². The summed E-state index contributed by atoms with van der Waals surface area (Å²) in [4.78, 5) is 27.4. The molecule has 0 saturated heterocycles. The summed E-state index contributed by atoms with van der Waals surface area (Å²) in [5.41, 5.74) is 4.83. The summed E-state index contributed by atoms with van der Waals surface area (Å²) >= 11 is 0. The smallest absolute Gasteiger partial charge is 0.777 e. The Hall–Kier alpha value is -0.290. The van der Waals surface area contributed by atoms with E-state index in [0.29, 0.717) is 6.61 Å². The Morgan fingerprint density at radius 3 is 1.95 bits per heavy atom. The van der Waals surface area contributed by atoms with Crippen LogP contribution in [0.2, 0.25) is 0 Å². The first kappa shape index (κ1) is 39.7. The number of nitrogens with zero attached hydrogens (tertiary/aromatic N) is 2. The predicted molar refractivity (Wildman–Crippen MR) is 154 cm³/mol. The summed E-state index contributed by atoms with van der Waals surface area (Å²) in [6.07, 6.45) is 20.8. The summed E-state index contributed by atoms with van der Waals surface area (Å²) in [5.74, 6) is 0.0761. The molecule has 0 aliphatic carbocycles. The number of aliphatic hydroxyl groups excluding tert-OH is 1. The van der Waals surface area contributed by atoms with Crippen molar-refractivity contribution < 1.29 is 58.1 Å². The molecule has 0 fully saturated rings. The third kappa shape index (κ3) is 22.3. The Morgan fingerprint density at radius 1 is 0.925 bits per heavy atom. The maximum absolute atomic E-state index is 12.1. The Bertz CT molecular complexity index is 831. The zero-order valence-corrected chi connectivity index (χ0v) is 28.0. The standard InChI is InChI=1S/C28H54N3O7P.Na/c1-2-3-4-5-6-7-8-9-10-11-12-13-14-15-16-17-20-36-21-22-38-39(34,35)25-37-26(24-32)23-31-19-18-27(29)30-28(31)33;/h18-19,26,32H,2-17,20-25H2,1H3,(H,34,35)(H2,29,30,33);/q;+1/p-1/t26-;/m0./s1. The topological polar surface area (TPSA) is 149 Å². The number of rotatable bonds is 27. The van der Waals surface area contributed by atoms with Crippen LogP contribution in [0, 0.1) is 0 Å². The van der Waals surface area contributed by atoms with Gasteiger partial charge in [-0.15, -0.1) is 0 Å². The fourth-order valence-corrected chi connectivity index (χ4v) is 5.11. The first-order valence-corrected chi connectivity index (χ1v) is 16.7. The molecule has 0 aromatic carbocycles. The Kier molecular flexibility index (Phi) is 26.2. The van der Waals surface area contributed by atoms with Crippen molar-refractivity contribution in [2.45, 2.75) is 122 Å². The molecule has 1 aromatic rings. The van der Waals surface area contributed by atoms with Crippen molar-refractivity contribution in [2.24, 2.45) is 0 Å². The maximum Gasteiger partial charge on any atom is 1.00 e. The van der Waals surface area contributed by atoms with Gasteiger partial charge in [0.1, 0.15) is 12.2 Å². The van der Waals surface area contributed by atoms with Crippen LogP contribution in [-0.4, -0.2) is 53.5 Å². The third-order valence-corrected chi connectivity index (χ3v) is 7.67. The van der Waals surface area contributed by atoms with E-state index in [9.17, 15) is 19.4 Å². The first-order chi connectivity index (χ1) is 18.9. The molecule has 0 aliphatic rings. The quantitative estimate of drug-likeness (QED) is 0.0882. The van der Waals surface area contributed by atoms with Crippen LogP contribution < -0.4 is 45.9 Å². The first-order valence-electron chi connectivity index (χ1n) is 15.0. The van der Waals surface area contributed by atoms with E-state index in [1.807, 2.05) is 0 Å². The average molecular weight is 598 g/mol. The van der Waals surface area contributed by atoms with Gasteiger partial charge in [0.2, 0.25) is 0 Å². The maximum atomic E-state index is 12.1. The van der Waals surface area contributed by atoms with Crippen molar-refractivity contribution in [1.82, 2.24) is 9.55 Å². The molecule has 2 atom stereocenters. The van der Waals surface area contributed by atoms with Crippen LogP contribution in [0.1, 0.15) is 110 Å². The van der Waals surface area contributed by atoms with E-state index >= 15 is 0 Å². The van der Waals surface area contributed by atoms with E-state index < -0.39 is 32.3 Å². The molecule has 0 amide bonds. The van der Waals surface area contributed by atoms with Crippen LogP contribution in [0.3, 0.4) is 0 Å². The summed E-state index contributed by atoms with van der Waals surface area (Å²) in [5, 5.41) is 9.44. The molecule has 12 heteroatoms. The van der Waals surface area contributed by atoms with Gasteiger partial charge < -0.3 is 34.3 Å². The predicted octanol–water partition coefficient (Wildman–Crippen LogP) is 2.01. The van der Waals surface area contributed by atoms with Gasteiger partial charge in [0, 0.05) is 12.8 Å². The Labute approximate surface area is 263 Å². The van der Waals surface area contributed by atoms with Gasteiger partial charge >= 0.3 is 35.2 Å². The molecule has 1 rings (SSSR count). The second-order valence-corrected chi connectivity index (χ2v) is 12.0. The summed E-state index contributed by atoms with van der Waals surface area (Å²) in [6.45, 7) is 2.40. The van der Waals surface area contributed by atoms with Gasteiger partial charge in [-0.1, -0.05) is 103 Å². The Balaban J connectivity index is 0.0000152. The van der Waals surface area contributed by atoms with Gasteiger partial charge in [0.05, 0.1) is 32.5 Å². The normalized spacial score (nSPS) is 13.6. The zero-order valence-electron chi connectivity index (χ0n) is 25.1. The number of unbranched alkanes of at least 4 members (excludes halogenated alkanes) is 15. The van der Waals surface area contributed by atoms with Gasteiger partial charge in [0.25, 0.3) is 0 Å². The molecule has 0 saturated carbocycles. The average Bonchev–Trinajstić information content (AvgIpc) is 2.91. The molecular formula is C28H53N3NaO7P. The van der Waals surface area contributed by atoms with E-state index in [4.69, 9.17) is 19.7 Å². The van der Waals surface area contributed by atoms with Crippen LogP contribution in [0.5, 0.6) is 0 Å². The monoisotopic (exact) mass is 597 g/mol. The van der Waals surface area contributed by atoms with E-state index in [1.54, 1.807) is 0 Å². The molecule has 228 valence electrons. The number of aliphatic hydroxyl groups is 1. The number of hydrogen-bond donors (Lipinski definition) is 2. The van der Waals surface area contributed by atoms with Gasteiger partial charge in [-0.25, -0.2) is 4.79 Å². The number of anilines is 1. The zero-order chi connectivity index (χ0) is 28.6. The summed E-state index contributed by atoms with van der Waals surface area (Å²) in [7, 11) is -4.26. The minimum atomic E-state index is -4.26. The second-order valence-electron chi connectivity index (χ2n) is 10.2. The van der Waals surface area contributed by atoms with Crippen LogP contribution in [-0.2, 0) is 25.1 Å². The number of nitrogens with two attached hydrogens (primary N) is 1. The molecule has 0 spiro atoms. The van der Waals surface area contributed by atoms with Crippen molar-refractivity contribution in [2.75, 3.05) is 38.5 Å². The number of ether oxygens (including phenoxy) is 2. The van der Waals surface area contributed by atoms with E-state index in [0.717, 1.165) is 12.8 Å². The largest absolute Gasteiger partial charge is 1.00 e. The van der Waals surface area contributed by atoms with Crippen molar-refractivity contribution >= 4 is 13.4 Å². The van der Waals surface area contributed by atoms with Gasteiger partial charge in [-0.05, 0) is 12.5 Å². The SMILES string of the molecule is CCCCCCCCCCCCCCCCCCOCCOP(=O)([O-])CO[C@H](CO)Cn1ccc(N)nc1=O.[Na+]. The number of hydrogen-bond acceptors (Lipinski definition) is 9. The van der Waals surface area contributed by atoms with Crippen LogP contribution in [0.25, 0.3) is 0 Å². The van der Waals surface area contributed by atoms with Crippen molar-refractivity contribution in [1.29, 1.82) is 0 Å². The molecule has 40 heavy (non-hydrogen) atoms. The molecule has 0 aliphatic heterocycles. The second kappa shape index (κ2) is 26.3. The fourth-order valence-electron chi connectivity index (χ4n) is 4.29. The molecule has 0 radical (unpaired) electrons. The summed E-state index contributed by atoms with van der Waals surface area (Å²) < 4.78 is 28.9. The number of aromatic nitrogens is 2. The van der Waals surface area contributed by atoms with E-state index in [-0.39, 0.29) is 55.1 Å². The molecule has 0 bridgehead atoms. The molecule has 1 aromatic heterocycles. The number of nitrogen functional groups attached to an aromatic ring is 1. The molecule has 1 heterocycles. The third-order valence-electron chi connectivity index (χ3n) is 6.63. The molecule has 1 unspecified atom stereocenters. The van der Waals surface area contributed by atoms with E-state index in [1.165, 1.54) is 107 Å². The van der Waals surface area contributed by atoms with Crippen molar-refractivity contribution in [3.05, 3.63) is 22.7 Å². The van der Waals surface area contributed by atoms with Gasteiger partial charge in [-0.3, -0.25) is 4.57 Å². The van der Waals surface area contributed by atoms with Crippen LogP contribution >= 0.6 is 7.60 Å². The Morgan fingerprint density at radius 2 is 1.45 bits per heavy atom. The van der Waals surface area contributed by atoms with Gasteiger partial charge in [0.15, 0.2) is 7.60 Å². The minimum absolute atomic E-state index is 0. The molecule has 3 N–H and O–H groups in total. The van der Waals surface area contributed by atoms with Crippen molar-refractivity contribution in [3.63, 3.8) is 0 Å². The minimum Gasteiger partial charge on any atom is -0.777 e. The molecule has 10 nitrogen and oxygen atoms in total. The van der Waals surface area contributed by atoms with E-state index in [2.05, 4.69) is 11.9 Å². The van der Waals surface area contributed by atoms with Crippen molar-refractivity contribution in [3.8, 4) is 0 Å².